The molecule has 0 bridgehead atoms. The van der Waals surface area contributed by atoms with Crippen LogP contribution in [-0.4, -0.2) is 34.2 Å². The monoisotopic (exact) mass is 485 g/mol. The first-order chi connectivity index (χ1) is 17.3. The molecule has 0 fully saturated rings. The van der Waals surface area contributed by atoms with Gasteiger partial charge in [0.1, 0.15) is 6.29 Å². The summed E-state index contributed by atoms with van der Waals surface area (Å²) in [5.74, 6) is -0.978. The van der Waals surface area contributed by atoms with Gasteiger partial charge in [0.15, 0.2) is 0 Å². The molecule has 0 N–H and O–H groups in total. The van der Waals surface area contributed by atoms with Gasteiger partial charge in [-0.2, -0.15) is 0 Å². The van der Waals surface area contributed by atoms with Crippen LogP contribution < -0.4 is 0 Å². The Kier molecular flexibility index (Phi) is 8.46. The summed E-state index contributed by atoms with van der Waals surface area (Å²) in [4.78, 5) is 42.7. The van der Waals surface area contributed by atoms with Gasteiger partial charge in [-0.1, -0.05) is 47.2 Å². The Balaban J connectivity index is 2.18. The third kappa shape index (κ3) is 5.90. The van der Waals surface area contributed by atoms with Crippen molar-refractivity contribution in [1.82, 2.24) is 4.57 Å². The smallest absolute Gasteiger partial charge is 0.318 e. The van der Waals surface area contributed by atoms with Crippen molar-refractivity contribution in [2.45, 2.75) is 34.1 Å². The van der Waals surface area contributed by atoms with Crippen LogP contribution in [0.3, 0.4) is 0 Å². The normalized spacial score (nSPS) is 12.1. The molecular formula is C28H27N3O5. The van der Waals surface area contributed by atoms with E-state index in [1.54, 1.807) is 26.0 Å². The molecule has 0 atom stereocenters. The lowest BCUT2D eigenvalue weighted by Crippen LogP contribution is -2.02. The van der Waals surface area contributed by atoms with E-state index in [0.29, 0.717) is 11.4 Å². The van der Waals surface area contributed by atoms with Gasteiger partial charge in [0, 0.05) is 36.9 Å². The van der Waals surface area contributed by atoms with Crippen molar-refractivity contribution in [3.63, 3.8) is 0 Å². The fourth-order valence-electron chi connectivity index (χ4n) is 3.67. The van der Waals surface area contributed by atoms with Crippen LogP contribution in [0.25, 0.3) is 28.7 Å². The van der Waals surface area contributed by atoms with Crippen molar-refractivity contribution < 1.29 is 24.1 Å². The number of oxime groups is 2. The molecule has 3 rings (SSSR count). The molecule has 2 aromatic carbocycles. The van der Waals surface area contributed by atoms with Crippen molar-refractivity contribution in [2.24, 2.45) is 10.3 Å². The molecule has 184 valence electrons. The molecule has 0 radical (unpaired) electrons. The largest absolute Gasteiger partial charge is 0.331 e. The number of carbonyl (C=O) groups is 3. The van der Waals surface area contributed by atoms with Crippen LogP contribution in [0.15, 0.2) is 65.4 Å². The summed E-state index contributed by atoms with van der Waals surface area (Å²) >= 11 is 0. The average molecular weight is 486 g/mol. The molecule has 3 aromatic rings. The molecule has 0 aliphatic heterocycles. The lowest BCUT2D eigenvalue weighted by atomic mass is 10.1. The Hall–Kier alpha value is -4.59. The van der Waals surface area contributed by atoms with Gasteiger partial charge in [0.05, 0.1) is 22.6 Å². The second-order valence-electron chi connectivity index (χ2n) is 7.94. The topological polar surface area (TPSA) is 99.3 Å². The van der Waals surface area contributed by atoms with Gasteiger partial charge in [-0.05, 0) is 55.3 Å². The third-order valence-electron chi connectivity index (χ3n) is 5.34. The van der Waals surface area contributed by atoms with Gasteiger partial charge in [-0.3, -0.25) is 0 Å². The van der Waals surface area contributed by atoms with E-state index in [1.807, 2.05) is 48.5 Å². The SMILES string of the molecule is C=Cc1c(/C=C\CC=O)n(-c2ccc(/C(C)=N/OC(C)=O)cc2)c2ccc(/C(C)=N/OC(C)=O)cc12. The van der Waals surface area contributed by atoms with Gasteiger partial charge in [-0.15, -0.1) is 0 Å². The summed E-state index contributed by atoms with van der Waals surface area (Å²) in [6.45, 7) is 10.1. The first-order valence-corrected chi connectivity index (χ1v) is 11.2. The molecule has 0 saturated carbocycles. The molecule has 0 amide bonds. The van der Waals surface area contributed by atoms with E-state index in [4.69, 9.17) is 9.68 Å². The van der Waals surface area contributed by atoms with Crippen molar-refractivity contribution in [1.29, 1.82) is 0 Å². The second-order valence-corrected chi connectivity index (χ2v) is 7.94. The summed E-state index contributed by atoms with van der Waals surface area (Å²) in [5.41, 5.74) is 6.24. The zero-order valence-corrected chi connectivity index (χ0v) is 20.6. The van der Waals surface area contributed by atoms with E-state index >= 15 is 0 Å². The molecule has 0 saturated heterocycles. The lowest BCUT2D eigenvalue weighted by molar-refractivity contribution is -0.141. The Bertz CT molecular complexity index is 1410. The molecule has 8 nitrogen and oxygen atoms in total. The molecule has 36 heavy (non-hydrogen) atoms. The predicted octanol–water partition coefficient (Wildman–Crippen LogP) is 5.45. The Morgan fingerprint density at radius 3 is 2.06 bits per heavy atom. The zero-order valence-electron chi connectivity index (χ0n) is 20.6. The van der Waals surface area contributed by atoms with Gasteiger partial charge < -0.3 is 19.0 Å². The molecule has 1 aromatic heterocycles. The number of hydrogen-bond donors (Lipinski definition) is 0. The van der Waals surface area contributed by atoms with E-state index in [9.17, 15) is 14.4 Å². The van der Waals surface area contributed by atoms with Crippen LogP contribution >= 0.6 is 0 Å². The van der Waals surface area contributed by atoms with Crippen LogP contribution in [0, 0.1) is 0 Å². The highest BCUT2D eigenvalue weighted by molar-refractivity contribution is 6.04. The van der Waals surface area contributed by atoms with E-state index in [2.05, 4.69) is 21.5 Å². The standard InChI is InChI=1S/C28H27N3O5/c1-6-25-26-17-23(19(3)30-36-21(5)34)12-15-28(26)31(27(25)9-7-8-16-32)24-13-10-22(11-14-24)18(2)29-35-20(4)33/h6-7,9-17H,1,8H2,2-5H3/b9-7-,29-18+,30-19+. The molecule has 0 aliphatic carbocycles. The van der Waals surface area contributed by atoms with E-state index in [1.165, 1.54) is 13.8 Å². The number of nitrogens with zero attached hydrogens (tertiary/aromatic N) is 3. The number of aromatic nitrogens is 1. The van der Waals surface area contributed by atoms with Crippen molar-refractivity contribution in [3.05, 3.63) is 77.5 Å². The van der Waals surface area contributed by atoms with Crippen LogP contribution in [0.4, 0.5) is 0 Å². The predicted molar refractivity (Wildman–Crippen MR) is 141 cm³/mol. The highest BCUT2D eigenvalue weighted by atomic mass is 16.7. The summed E-state index contributed by atoms with van der Waals surface area (Å²) < 4.78 is 2.07. The first kappa shape index (κ1) is 26.0. The number of carbonyl (C=O) groups excluding carboxylic acids is 3. The van der Waals surface area contributed by atoms with Crippen LogP contribution in [-0.2, 0) is 24.1 Å². The third-order valence-corrected chi connectivity index (χ3v) is 5.34. The molecule has 0 spiro atoms. The zero-order chi connectivity index (χ0) is 26.2. The average Bonchev–Trinajstić information content (AvgIpc) is 3.18. The van der Waals surface area contributed by atoms with Crippen molar-refractivity contribution in [2.75, 3.05) is 0 Å². The number of hydrogen-bond acceptors (Lipinski definition) is 7. The molecule has 0 aliphatic rings. The summed E-state index contributed by atoms with van der Waals surface area (Å²) in [7, 11) is 0. The maximum absolute atomic E-state index is 11.1. The summed E-state index contributed by atoms with van der Waals surface area (Å²) in [6.07, 6.45) is 6.58. The molecule has 8 heteroatoms. The fourth-order valence-corrected chi connectivity index (χ4v) is 3.67. The minimum atomic E-state index is -0.493. The van der Waals surface area contributed by atoms with E-state index < -0.39 is 11.9 Å². The van der Waals surface area contributed by atoms with Crippen LogP contribution in [0.1, 0.15) is 56.5 Å². The summed E-state index contributed by atoms with van der Waals surface area (Å²) in [5, 5.41) is 8.66. The van der Waals surface area contributed by atoms with Gasteiger partial charge in [0.2, 0.25) is 0 Å². The Labute approximate surface area is 209 Å². The molecule has 0 unspecified atom stereocenters. The lowest BCUT2D eigenvalue weighted by Gasteiger charge is -2.11. The van der Waals surface area contributed by atoms with Gasteiger partial charge in [0.25, 0.3) is 0 Å². The second kappa shape index (κ2) is 11.7. The number of fused-ring (bicyclic) bond motifs is 1. The minimum Gasteiger partial charge on any atom is -0.318 e. The van der Waals surface area contributed by atoms with Crippen molar-refractivity contribution >= 4 is 52.7 Å². The van der Waals surface area contributed by atoms with Crippen LogP contribution in [0.2, 0.25) is 0 Å². The van der Waals surface area contributed by atoms with Gasteiger partial charge in [-0.25, -0.2) is 9.59 Å². The summed E-state index contributed by atoms with van der Waals surface area (Å²) in [6, 6.07) is 13.5. The number of rotatable bonds is 9. The Morgan fingerprint density at radius 1 is 0.917 bits per heavy atom. The molecule has 1 heterocycles. The maximum Gasteiger partial charge on any atom is 0.331 e. The first-order valence-electron chi connectivity index (χ1n) is 11.2. The fraction of sp³-hybridized carbons (Fsp3) is 0.179. The number of aldehydes is 1. The van der Waals surface area contributed by atoms with E-state index in [-0.39, 0.29) is 6.42 Å². The highest BCUT2D eigenvalue weighted by Gasteiger charge is 2.16. The Morgan fingerprint density at radius 2 is 1.50 bits per heavy atom. The van der Waals surface area contributed by atoms with Crippen molar-refractivity contribution in [3.8, 4) is 5.69 Å². The quantitative estimate of drug-likeness (QED) is 0.174. The minimum absolute atomic E-state index is 0.280. The van der Waals surface area contributed by atoms with Crippen LogP contribution in [0.5, 0.6) is 0 Å². The van der Waals surface area contributed by atoms with E-state index in [0.717, 1.165) is 45.3 Å². The van der Waals surface area contributed by atoms with Gasteiger partial charge >= 0.3 is 11.9 Å². The number of benzene rings is 2. The maximum atomic E-state index is 11.1. The highest BCUT2D eigenvalue weighted by Crippen LogP contribution is 2.33. The molecular weight excluding hydrogens is 458 g/mol. The number of allylic oxidation sites excluding steroid dienone is 1.